The highest BCUT2D eigenvalue weighted by atomic mass is 19.2. The van der Waals surface area contributed by atoms with E-state index < -0.39 is 28.9 Å². The number of carbonyl (C=O) groups excluding carboxylic acids is 1. The molecule has 118 valence electrons. The third-order valence-corrected chi connectivity index (χ3v) is 3.79. The number of hydrogen-bond acceptors (Lipinski definition) is 4. The molecule has 1 aliphatic rings. The van der Waals surface area contributed by atoms with Gasteiger partial charge in [-0.25, -0.2) is 4.39 Å². The van der Waals surface area contributed by atoms with Crippen molar-refractivity contribution in [3.05, 3.63) is 29.3 Å². The molecule has 0 amide bonds. The van der Waals surface area contributed by atoms with Crippen LogP contribution in [0.25, 0.3) is 0 Å². The Morgan fingerprint density at radius 2 is 1.95 bits per heavy atom. The fourth-order valence-electron chi connectivity index (χ4n) is 2.59. The van der Waals surface area contributed by atoms with Crippen molar-refractivity contribution in [2.75, 3.05) is 6.61 Å². The molecule has 0 saturated heterocycles. The van der Waals surface area contributed by atoms with Crippen LogP contribution in [0.5, 0.6) is 5.75 Å². The van der Waals surface area contributed by atoms with Gasteiger partial charge in [-0.2, -0.15) is 9.65 Å². The largest absolute Gasteiger partial charge is 0.423 e. The predicted molar refractivity (Wildman–Crippen MR) is 74.1 cm³/mol. The summed E-state index contributed by atoms with van der Waals surface area (Å²) in [6.07, 6.45) is 2.85. The van der Waals surface area contributed by atoms with Crippen LogP contribution in [0.1, 0.15) is 38.2 Å². The number of nitriles is 1. The van der Waals surface area contributed by atoms with E-state index in [0.29, 0.717) is 19.4 Å². The molecule has 1 saturated carbocycles. The van der Waals surface area contributed by atoms with Crippen molar-refractivity contribution < 1.29 is 23.0 Å². The van der Waals surface area contributed by atoms with Crippen molar-refractivity contribution in [3.63, 3.8) is 0 Å². The van der Waals surface area contributed by atoms with Crippen molar-refractivity contribution in [2.24, 2.45) is 5.92 Å². The van der Waals surface area contributed by atoms with Crippen LogP contribution in [-0.4, -0.2) is 18.7 Å². The molecule has 0 spiro atoms. The highest BCUT2D eigenvalue weighted by molar-refractivity contribution is 5.75. The van der Waals surface area contributed by atoms with E-state index in [2.05, 4.69) is 0 Å². The Labute approximate surface area is 127 Å². The molecule has 1 aliphatic carbocycles. The summed E-state index contributed by atoms with van der Waals surface area (Å²) in [4.78, 5) is 12.0. The molecule has 6 heteroatoms. The number of hydrogen-bond donors (Lipinski definition) is 0. The van der Waals surface area contributed by atoms with Gasteiger partial charge in [0.05, 0.1) is 17.6 Å². The minimum atomic E-state index is -1.31. The summed E-state index contributed by atoms with van der Waals surface area (Å²) < 4.78 is 37.7. The molecule has 0 heterocycles. The average Bonchev–Trinajstić information content (AvgIpc) is 2.53. The van der Waals surface area contributed by atoms with Crippen LogP contribution in [0.2, 0.25) is 0 Å². The average molecular weight is 309 g/mol. The van der Waals surface area contributed by atoms with Crippen LogP contribution in [0.4, 0.5) is 8.78 Å². The van der Waals surface area contributed by atoms with Gasteiger partial charge in [-0.1, -0.05) is 0 Å². The number of carbonyl (C=O) groups is 1. The zero-order chi connectivity index (χ0) is 16.1. The molecule has 2 rings (SSSR count). The summed E-state index contributed by atoms with van der Waals surface area (Å²) >= 11 is 0. The molecule has 0 N–H and O–H groups in total. The summed E-state index contributed by atoms with van der Waals surface area (Å²) in [6.45, 7) is 2.55. The lowest BCUT2D eigenvalue weighted by Gasteiger charge is -2.26. The number of ether oxygens (including phenoxy) is 2. The number of rotatable bonds is 4. The third kappa shape index (κ3) is 3.60. The van der Waals surface area contributed by atoms with Crippen LogP contribution in [-0.2, 0) is 9.53 Å². The quantitative estimate of drug-likeness (QED) is 0.632. The summed E-state index contributed by atoms with van der Waals surface area (Å²) in [5.74, 6) is -4.00. The Morgan fingerprint density at radius 1 is 1.27 bits per heavy atom. The topological polar surface area (TPSA) is 59.3 Å². The summed E-state index contributed by atoms with van der Waals surface area (Å²) in [6, 6.07) is 3.72. The Bertz CT molecular complexity index is 590. The van der Waals surface area contributed by atoms with E-state index in [4.69, 9.17) is 14.7 Å². The van der Waals surface area contributed by atoms with Gasteiger partial charge in [0.1, 0.15) is 6.07 Å². The van der Waals surface area contributed by atoms with Crippen molar-refractivity contribution in [3.8, 4) is 11.8 Å². The lowest BCUT2D eigenvalue weighted by Crippen LogP contribution is -2.29. The van der Waals surface area contributed by atoms with Crippen molar-refractivity contribution in [2.45, 2.75) is 38.7 Å². The van der Waals surface area contributed by atoms with Gasteiger partial charge in [-0.05, 0) is 44.7 Å². The van der Waals surface area contributed by atoms with E-state index in [1.807, 2.05) is 6.92 Å². The third-order valence-electron chi connectivity index (χ3n) is 3.79. The van der Waals surface area contributed by atoms with Gasteiger partial charge in [-0.3, -0.25) is 4.79 Å². The maximum absolute atomic E-state index is 13.7. The van der Waals surface area contributed by atoms with Crippen molar-refractivity contribution >= 4 is 5.97 Å². The Morgan fingerprint density at radius 3 is 2.55 bits per heavy atom. The molecule has 1 fully saturated rings. The van der Waals surface area contributed by atoms with E-state index in [1.54, 1.807) is 0 Å². The van der Waals surface area contributed by atoms with Crippen LogP contribution < -0.4 is 4.74 Å². The standard InChI is InChI=1S/C16H17F2NO3/c1-2-21-12-6-3-10(4-7-12)16(20)22-13-8-5-11(9-19)14(17)15(13)18/h5,8,10,12H,2-4,6-7H2,1H3. The van der Waals surface area contributed by atoms with Gasteiger partial charge in [0.15, 0.2) is 11.6 Å². The maximum Gasteiger partial charge on any atom is 0.314 e. The predicted octanol–water partition coefficient (Wildman–Crippen LogP) is 3.34. The normalized spacial score (nSPS) is 21.2. The number of benzene rings is 1. The Kier molecular flexibility index (Phi) is 5.45. The fraction of sp³-hybridized carbons (Fsp3) is 0.500. The Balaban J connectivity index is 1.99. The van der Waals surface area contributed by atoms with Gasteiger partial charge in [0, 0.05) is 6.61 Å². The van der Waals surface area contributed by atoms with Gasteiger partial charge in [0.25, 0.3) is 0 Å². The minimum absolute atomic E-state index is 0.151. The van der Waals surface area contributed by atoms with Crippen LogP contribution in [0.15, 0.2) is 12.1 Å². The first-order valence-corrected chi connectivity index (χ1v) is 7.28. The van der Waals surface area contributed by atoms with Crippen LogP contribution >= 0.6 is 0 Å². The van der Waals surface area contributed by atoms with Crippen LogP contribution in [0.3, 0.4) is 0 Å². The zero-order valence-electron chi connectivity index (χ0n) is 12.3. The number of halogens is 2. The highest BCUT2D eigenvalue weighted by Crippen LogP contribution is 2.29. The smallest absolute Gasteiger partial charge is 0.314 e. The SMILES string of the molecule is CCOC1CCC(C(=O)Oc2ccc(C#N)c(F)c2F)CC1. The van der Waals surface area contributed by atoms with E-state index in [9.17, 15) is 13.6 Å². The summed E-state index contributed by atoms with van der Waals surface area (Å²) in [7, 11) is 0. The first-order chi connectivity index (χ1) is 10.6. The monoisotopic (exact) mass is 309 g/mol. The van der Waals surface area contributed by atoms with Gasteiger partial charge < -0.3 is 9.47 Å². The van der Waals surface area contributed by atoms with Gasteiger partial charge in [0.2, 0.25) is 5.82 Å². The second kappa shape index (κ2) is 7.32. The first kappa shape index (κ1) is 16.4. The molecule has 0 unspecified atom stereocenters. The molecule has 1 aromatic rings. The Hall–Kier alpha value is -2.00. The second-order valence-corrected chi connectivity index (χ2v) is 5.20. The number of nitrogens with zero attached hydrogens (tertiary/aromatic N) is 1. The van der Waals surface area contributed by atoms with Gasteiger partial charge >= 0.3 is 5.97 Å². The molecule has 0 aromatic heterocycles. The lowest BCUT2D eigenvalue weighted by atomic mass is 9.87. The van der Waals surface area contributed by atoms with Crippen molar-refractivity contribution in [1.82, 2.24) is 0 Å². The minimum Gasteiger partial charge on any atom is -0.423 e. The van der Waals surface area contributed by atoms with E-state index in [-0.39, 0.29) is 12.0 Å². The molecule has 22 heavy (non-hydrogen) atoms. The van der Waals surface area contributed by atoms with E-state index in [1.165, 1.54) is 6.07 Å². The highest BCUT2D eigenvalue weighted by Gasteiger charge is 2.29. The molecule has 0 bridgehead atoms. The molecule has 0 aliphatic heterocycles. The molecule has 0 atom stereocenters. The zero-order valence-corrected chi connectivity index (χ0v) is 12.3. The van der Waals surface area contributed by atoms with Gasteiger partial charge in [-0.15, -0.1) is 0 Å². The molecule has 0 radical (unpaired) electrons. The summed E-state index contributed by atoms with van der Waals surface area (Å²) in [5.41, 5.74) is -0.422. The fourth-order valence-corrected chi connectivity index (χ4v) is 2.59. The van der Waals surface area contributed by atoms with Crippen molar-refractivity contribution in [1.29, 1.82) is 5.26 Å². The second-order valence-electron chi connectivity index (χ2n) is 5.20. The number of esters is 1. The van der Waals surface area contributed by atoms with E-state index >= 15 is 0 Å². The van der Waals surface area contributed by atoms with Crippen LogP contribution in [0, 0.1) is 28.9 Å². The maximum atomic E-state index is 13.7. The molecule has 1 aromatic carbocycles. The molecular formula is C16H17F2NO3. The molecular weight excluding hydrogens is 292 g/mol. The lowest BCUT2D eigenvalue weighted by molar-refractivity contribution is -0.141. The van der Waals surface area contributed by atoms with E-state index in [0.717, 1.165) is 25.0 Å². The summed E-state index contributed by atoms with van der Waals surface area (Å²) in [5, 5.41) is 8.61. The first-order valence-electron chi connectivity index (χ1n) is 7.28. The molecule has 4 nitrogen and oxygen atoms in total.